The molecule has 3 aromatic rings. The minimum Gasteiger partial charge on any atom is -0.353 e. The van der Waals surface area contributed by atoms with Gasteiger partial charge in [0, 0.05) is 26.2 Å². The highest BCUT2D eigenvalue weighted by Gasteiger charge is 2.38. The van der Waals surface area contributed by atoms with Crippen LogP contribution in [-0.2, 0) is 16.2 Å². The van der Waals surface area contributed by atoms with Crippen LogP contribution in [0.15, 0.2) is 35.2 Å². The van der Waals surface area contributed by atoms with Crippen molar-refractivity contribution in [2.45, 2.75) is 11.1 Å². The summed E-state index contributed by atoms with van der Waals surface area (Å²) < 4.78 is 92.5. The maximum Gasteiger partial charge on any atom is 0.453 e. The molecular formula is C16H13F5N6O2S. The Hall–Kier alpha value is -2.87. The molecule has 2 aromatic heterocycles. The first-order valence-corrected chi connectivity index (χ1v) is 10.0. The van der Waals surface area contributed by atoms with Gasteiger partial charge in [0.2, 0.25) is 10.0 Å². The number of anilines is 1. The predicted molar refractivity (Wildman–Crippen MR) is 93.1 cm³/mol. The number of fused-ring (bicyclic) bond motifs is 1. The Morgan fingerprint density at radius 1 is 0.900 bits per heavy atom. The normalized spacial score (nSPS) is 16.4. The summed E-state index contributed by atoms with van der Waals surface area (Å²) in [5.41, 5.74) is -0.0781. The van der Waals surface area contributed by atoms with Crippen LogP contribution in [0.2, 0.25) is 0 Å². The van der Waals surface area contributed by atoms with Crippen LogP contribution in [0.4, 0.5) is 27.8 Å². The first-order valence-electron chi connectivity index (χ1n) is 8.57. The highest BCUT2D eigenvalue weighted by Crippen LogP contribution is 2.28. The van der Waals surface area contributed by atoms with Crippen LogP contribution >= 0.6 is 0 Å². The van der Waals surface area contributed by atoms with Gasteiger partial charge in [0.25, 0.3) is 5.82 Å². The lowest BCUT2D eigenvalue weighted by molar-refractivity contribution is -0.146. The fourth-order valence-electron chi connectivity index (χ4n) is 3.07. The van der Waals surface area contributed by atoms with Gasteiger partial charge in [-0.15, -0.1) is 15.3 Å². The van der Waals surface area contributed by atoms with Crippen LogP contribution in [0.1, 0.15) is 5.82 Å². The fourth-order valence-corrected chi connectivity index (χ4v) is 4.50. The quantitative estimate of drug-likeness (QED) is 0.570. The van der Waals surface area contributed by atoms with Gasteiger partial charge >= 0.3 is 6.18 Å². The summed E-state index contributed by atoms with van der Waals surface area (Å²) in [4.78, 5) is 1.23. The van der Waals surface area contributed by atoms with Crippen LogP contribution in [-0.4, -0.2) is 58.7 Å². The molecule has 1 aromatic carbocycles. The summed E-state index contributed by atoms with van der Waals surface area (Å²) in [6, 6.07) is 5.10. The van der Waals surface area contributed by atoms with Crippen LogP contribution in [0.25, 0.3) is 5.65 Å². The number of sulfonamides is 1. The molecular weight excluding hydrogens is 435 g/mol. The zero-order valence-corrected chi connectivity index (χ0v) is 15.8. The molecule has 0 bridgehead atoms. The van der Waals surface area contributed by atoms with E-state index in [1.54, 1.807) is 4.90 Å². The number of benzene rings is 1. The summed E-state index contributed by atoms with van der Waals surface area (Å²) in [7, 11) is -4.05. The zero-order chi connectivity index (χ0) is 21.7. The largest absolute Gasteiger partial charge is 0.453 e. The Morgan fingerprint density at radius 2 is 1.60 bits per heavy atom. The highest BCUT2D eigenvalue weighted by molar-refractivity contribution is 7.89. The molecule has 3 heterocycles. The molecule has 0 saturated carbocycles. The van der Waals surface area contributed by atoms with Crippen molar-refractivity contribution in [1.82, 2.24) is 24.1 Å². The SMILES string of the molecule is O=S(=O)(c1ccc(F)c(F)c1)N1CCN(c2ccc3nnc(C(F)(F)F)n3n2)CC1. The molecule has 8 nitrogen and oxygen atoms in total. The lowest BCUT2D eigenvalue weighted by Crippen LogP contribution is -2.49. The molecule has 30 heavy (non-hydrogen) atoms. The Morgan fingerprint density at radius 3 is 2.23 bits per heavy atom. The lowest BCUT2D eigenvalue weighted by atomic mass is 10.3. The second kappa shape index (κ2) is 7.12. The minimum absolute atomic E-state index is 0.0185. The molecule has 14 heteroatoms. The van der Waals surface area contributed by atoms with E-state index in [1.165, 1.54) is 12.1 Å². The van der Waals surface area contributed by atoms with Crippen molar-refractivity contribution in [1.29, 1.82) is 0 Å². The topological polar surface area (TPSA) is 83.7 Å². The van der Waals surface area contributed by atoms with Gasteiger partial charge in [-0.1, -0.05) is 0 Å². The maximum atomic E-state index is 13.4. The number of alkyl halides is 3. The molecule has 1 fully saturated rings. The van der Waals surface area contributed by atoms with E-state index in [0.717, 1.165) is 16.4 Å². The van der Waals surface area contributed by atoms with Gasteiger partial charge in [-0.3, -0.25) is 0 Å². The van der Waals surface area contributed by atoms with E-state index >= 15 is 0 Å². The molecule has 0 N–H and O–H groups in total. The number of hydrogen-bond acceptors (Lipinski definition) is 6. The molecule has 0 unspecified atom stereocenters. The zero-order valence-electron chi connectivity index (χ0n) is 15.0. The fraction of sp³-hybridized carbons (Fsp3) is 0.312. The summed E-state index contributed by atoms with van der Waals surface area (Å²) in [5, 5.41) is 10.5. The Balaban J connectivity index is 1.54. The first-order chi connectivity index (χ1) is 14.1. The Kier molecular flexibility index (Phi) is 4.85. The molecule has 0 spiro atoms. The van der Waals surface area contributed by atoms with E-state index in [1.807, 2.05) is 0 Å². The van der Waals surface area contributed by atoms with E-state index in [-0.39, 0.29) is 42.5 Å². The average molecular weight is 448 g/mol. The van der Waals surface area contributed by atoms with Crippen molar-refractivity contribution < 1.29 is 30.4 Å². The van der Waals surface area contributed by atoms with Gasteiger partial charge in [-0.05, 0) is 30.3 Å². The van der Waals surface area contributed by atoms with Gasteiger partial charge in [0.1, 0.15) is 5.82 Å². The molecule has 160 valence electrons. The van der Waals surface area contributed by atoms with Crippen molar-refractivity contribution in [3.05, 3.63) is 47.8 Å². The third-order valence-corrected chi connectivity index (χ3v) is 6.49. The third-order valence-electron chi connectivity index (χ3n) is 4.59. The standard InChI is InChI=1S/C16H13F5N6O2S/c17-11-2-1-10(9-12(11)18)30(28,29)26-7-5-25(6-8-26)14-4-3-13-22-23-15(16(19,20)21)27(13)24-14/h1-4,9H,5-8H2. The summed E-state index contributed by atoms with van der Waals surface area (Å²) >= 11 is 0. The van der Waals surface area contributed by atoms with Gasteiger partial charge < -0.3 is 4.90 Å². The smallest absolute Gasteiger partial charge is 0.353 e. The van der Waals surface area contributed by atoms with Crippen molar-refractivity contribution in [2.24, 2.45) is 0 Å². The van der Waals surface area contributed by atoms with Gasteiger partial charge in [0.05, 0.1) is 4.90 Å². The monoisotopic (exact) mass is 448 g/mol. The number of nitrogens with zero attached hydrogens (tertiary/aromatic N) is 6. The molecule has 0 aliphatic carbocycles. The van der Waals surface area contributed by atoms with Crippen LogP contribution in [0, 0.1) is 11.6 Å². The third kappa shape index (κ3) is 3.56. The van der Waals surface area contributed by atoms with Crippen molar-refractivity contribution in [2.75, 3.05) is 31.1 Å². The predicted octanol–water partition coefficient (Wildman–Crippen LogP) is 1.93. The van der Waals surface area contributed by atoms with Gasteiger partial charge in [-0.2, -0.15) is 22.0 Å². The van der Waals surface area contributed by atoms with Crippen LogP contribution in [0.5, 0.6) is 0 Å². The van der Waals surface area contributed by atoms with Gasteiger partial charge in [0.15, 0.2) is 17.3 Å². The van der Waals surface area contributed by atoms with E-state index in [2.05, 4.69) is 15.3 Å². The Bertz CT molecular complexity index is 1200. The molecule has 1 aliphatic rings. The van der Waals surface area contributed by atoms with E-state index < -0.39 is 33.7 Å². The summed E-state index contributed by atoms with van der Waals surface area (Å²) in [6.07, 6.45) is -4.73. The molecule has 1 aliphatic heterocycles. The van der Waals surface area contributed by atoms with Gasteiger partial charge in [-0.25, -0.2) is 17.2 Å². The van der Waals surface area contributed by atoms with E-state index in [0.29, 0.717) is 10.6 Å². The van der Waals surface area contributed by atoms with Crippen molar-refractivity contribution >= 4 is 21.5 Å². The Labute approximate surface area is 166 Å². The lowest BCUT2D eigenvalue weighted by Gasteiger charge is -2.34. The second-order valence-electron chi connectivity index (χ2n) is 6.45. The van der Waals surface area contributed by atoms with Crippen molar-refractivity contribution in [3.63, 3.8) is 0 Å². The molecule has 0 atom stereocenters. The highest BCUT2D eigenvalue weighted by atomic mass is 32.2. The molecule has 4 rings (SSSR count). The average Bonchev–Trinajstić information content (AvgIpc) is 3.14. The number of hydrogen-bond donors (Lipinski definition) is 0. The number of halogens is 5. The first kappa shape index (κ1) is 20.4. The van der Waals surface area contributed by atoms with E-state index in [9.17, 15) is 30.4 Å². The number of aromatic nitrogens is 4. The summed E-state index contributed by atoms with van der Waals surface area (Å²) in [6.45, 7) is 0.223. The second-order valence-corrected chi connectivity index (χ2v) is 8.39. The maximum absolute atomic E-state index is 13.4. The minimum atomic E-state index is -4.73. The van der Waals surface area contributed by atoms with Crippen LogP contribution < -0.4 is 4.90 Å². The number of rotatable bonds is 3. The molecule has 1 saturated heterocycles. The van der Waals surface area contributed by atoms with Crippen LogP contribution in [0.3, 0.4) is 0 Å². The molecule has 0 radical (unpaired) electrons. The van der Waals surface area contributed by atoms with Crippen molar-refractivity contribution in [3.8, 4) is 0 Å². The molecule has 0 amide bonds. The number of piperazine rings is 1. The van der Waals surface area contributed by atoms with E-state index in [4.69, 9.17) is 0 Å². The summed E-state index contributed by atoms with van der Waals surface area (Å²) in [5.74, 6) is -3.51.